The first-order valence-electron chi connectivity index (χ1n) is 5.62. The van der Waals surface area contributed by atoms with Gasteiger partial charge in [0, 0.05) is 10.6 Å². The maximum absolute atomic E-state index is 13.5. The highest BCUT2D eigenvalue weighted by Gasteiger charge is 2.19. The Morgan fingerprint density at radius 2 is 2.00 bits per heavy atom. The molecule has 0 aliphatic rings. The molecule has 0 radical (unpaired) electrons. The average molecular weight is 380 g/mol. The van der Waals surface area contributed by atoms with E-state index in [-0.39, 0.29) is 10.8 Å². The molecule has 2 aromatic rings. The van der Waals surface area contributed by atoms with E-state index >= 15 is 0 Å². The first-order chi connectivity index (χ1) is 9.40. The van der Waals surface area contributed by atoms with Crippen LogP contribution in [0.5, 0.6) is 5.75 Å². The number of nitrogens with zero attached hydrogens (tertiary/aromatic N) is 1. The number of rotatable bonds is 3. The Morgan fingerprint density at radius 3 is 2.65 bits per heavy atom. The fourth-order valence-electron chi connectivity index (χ4n) is 1.70. The molecule has 1 aromatic heterocycles. The van der Waals surface area contributed by atoms with Crippen molar-refractivity contribution in [1.82, 2.24) is 4.98 Å². The summed E-state index contributed by atoms with van der Waals surface area (Å²) in [5.41, 5.74) is 6.12. The van der Waals surface area contributed by atoms with Crippen LogP contribution in [-0.2, 0) is 0 Å². The van der Waals surface area contributed by atoms with Crippen LogP contribution in [0.4, 0.5) is 10.2 Å². The monoisotopic (exact) mass is 378 g/mol. The van der Waals surface area contributed by atoms with Crippen LogP contribution in [0, 0.1) is 5.82 Å². The lowest BCUT2D eigenvalue weighted by Gasteiger charge is -2.18. The number of aromatic nitrogens is 1. The van der Waals surface area contributed by atoms with Crippen molar-refractivity contribution in [2.24, 2.45) is 0 Å². The van der Waals surface area contributed by atoms with Crippen molar-refractivity contribution < 1.29 is 9.13 Å². The minimum atomic E-state index is -0.573. The second-order valence-corrected chi connectivity index (χ2v) is 5.63. The van der Waals surface area contributed by atoms with Crippen LogP contribution in [0.1, 0.15) is 18.6 Å². The lowest BCUT2D eigenvalue weighted by molar-refractivity contribution is 0.227. The Hall–Kier alpha value is -1.04. The number of hydrogen-bond acceptors (Lipinski definition) is 3. The minimum absolute atomic E-state index is 0.0614. The van der Waals surface area contributed by atoms with E-state index in [0.717, 1.165) is 0 Å². The van der Waals surface area contributed by atoms with Gasteiger partial charge in [-0.25, -0.2) is 9.37 Å². The molecule has 2 rings (SSSR count). The van der Waals surface area contributed by atoms with Crippen LogP contribution in [0.2, 0.25) is 10.0 Å². The number of anilines is 1. The predicted molar refractivity (Wildman–Crippen MR) is 81.8 cm³/mol. The zero-order valence-electron chi connectivity index (χ0n) is 10.3. The molecule has 0 amide bonds. The van der Waals surface area contributed by atoms with E-state index in [9.17, 15) is 4.39 Å². The molecule has 1 heterocycles. The first kappa shape index (κ1) is 15.4. The van der Waals surface area contributed by atoms with Crippen LogP contribution in [-0.4, -0.2) is 4.98 Å². The normalized spacial score (nSPS) is 12.2. The van der Waals surface area contributed by atoms with Crippen molar-refractivity contribution >= 4 is 44.9 Å². The second kappa shape index (κ2) is 6.16. The molecular weight excluding hydrogens is 370 g/mol. The van der Waals surface area contributed by atoms with Crippen LogP contribution in [0.25, 0.3) is 0 Å². The summed E-state index contributed by atoms with van der Waals surface area (Å²) in [6.07, 6.45) is -0.573. The van der Waals surface area contributed by atoms with Gasteiger partial charge in [0.2, 0.25) is 0 Å². The van der Waals surface area contributed by atoms with Crippen LogP contribution in [0.3, 0.4) is 0 Å². The number of pyridine rings is 1. The van der Waals surface area contributed by atoms with E-state index in [1.807, 2.05) is 0 Å². The lowest BCUT2D eigenvalue weighted by atomic mass is 10.1. The van der Waals surface area contributed by atoms with Crippen LogP contribution < -0.4 is 10.5 Å². The molecule has 0 saturated heterocycles. The fraction of sp³-hybridized carbons (Fsp3) is 0.154. The van der Waals surface area contributed by atoms with Gasteiger partial charge in [-0.3, -0.25) is 0 Å². The van der Waals surface area contributed by atoms with E-state index in [1.54, 1.807) is 19.1 Å². The molecule has 0 bridgehead atoms. The fourth-order valence-corrected chi connectivity index (χ4v) is 2.70. The van der Waals surface area contributed by atoms with Gasteiger partial charge in [-0.1, -0.05) is 23.2 Å². The second-order valence-electron chi connectivity index (χ2n) is 4.03. The quantitative estimate of drug-likeness (QED) is 0.602. The molecule has 3 nitrogen and oxygen atoms in total. The Bertz CT molecular complexity index is 655. The smallest absolute Gasteiger partial charge is 0.167 e. The third-order valence-electron chi connectivity index (χ3n) is 2.64. The maximum atomic E-state index is 13.5. The standard InChI is InChI=1S/C13H10BrCl2FN2O/c1-6(11-7(15)2-3-8(17)12(11)16)20-9-4-5-10(14)19-13(9)18/h2-6H,1H3,(H2,18,19)/t6-/m1/s1. The van der Waals surface area contributed by atoms with Gasteiger partial charge in [-0.2, -0.15) is 0 Å². The molecular formula is C13H10BrCl2FN2O. The Morgan fingerprint density at radius 1 is 1.30 bits per heavy atom. The Kier molecular flexibility index (Phi) is 4.73. The molecule has 2 N–H and O–H groups in total. The van der Waals surface area contributed by atoms with Gasteiger partial charge in [0.15, 0.2) is 11.6 Å². The summed E-state index contributed by atoms with van der Waals surface area (Å²) in [7, 11) is 0. The number of nitrogen functional groups attached to an aromatic ring is 1. The lowest BCUT2D eigenvalue weighted by Crippen LogP contribution is -2.08. The third kappa shape index (κ3) is 3.16. The van der Waals surface area contributed by atoms with E-state index in [4.69, 9.17) is 33.7 Å². The maximum Gasteiger partial charge on any atom is 0.167 e. The SMILES string of the molecule is C[C@@H](Oc1ccc(Br)nc1N)c1c(Cl)ccc(F)c1Cl. The van der Waals surface area contributed by atoms with Crippen molar-refractivity contribution in [3.05, 3.63) is 50.3 Å². The number of ether oxygens (including phenoxy) is 1. The highest BCUT2D eigenvalue weighted by molar-refractivity contribution is 9.10. The van der Waals surface area contributed by atoms with Gasteiger partial charge in [-0.05, 0) is 47.1 Å². The van der Waals surface area contributed by atoms with Gasteiger partial charge < -0.3 is 10.5 Å². The summed E-state index contributed by atoms with van der Waals surface area (Å²) in [5, 5.41) is 0.265. The number of nitrogens with two attached hydrogens (primary N) is 1. The van der Waals surface area contributed by atoms with Crippen molar-refractivity contribution in [3.63, 3.8) is 0 Å². The molecule has 106 valence electrons. The molecule has 1 aromatic carbocycles. The number of halogens is 4. The van der Waals surface area contributed by atoms with Gasteiger partial charge in [0.1, 0.15) is 16.5 Å². The van der Waals surface area contributed by atoms with E-state index in [0.29, 0.717) is 20.9 Å². The summed E-state index contributed by atoms with van der Waals surface area (Å²) in [6, 6.07) is 5.98. The van der Waals surface area contributed by atoms with Gasteiger partial charge in [-0.15, -0.1) is 0 Å². The minimum Gasteiger partial charge on any atom is -0.482 e. The van der Waals surface area contributed by atoms with Crippen LogP contribution in [0.15, 0.2) is 28.9 Å². The Balaban J connectivity index is 2.33. The average Bonchev–Trinajstić information content (AvgIpc) is 2.38. The summed E-state index contributed by atoms with van der Waals surface area (Å²) >= 11 is 15.2. The molecule has 0 unspecified atom stereocenters. The van der Waals surface area contributed by atoms with Crippen molar-refractivity contribution in [1.29, 1.82) is 0 Å². The van der Waals surface area contributed by atoms with Gasteiger partial charge >= 0.3 is 0 Å². The van der Waals surface area contributed by atoms with Gasteiger partial charge in [0.25, 0.3) is 0 Å². The topological polar surface area (TPSA) is 48.1 Å². The predicted octanol–water partition coefficient (Wildman–Crippen LogP) is 5.01. The van der Waals surface area contributed by atoms with Crippen molar-refractivity contribution in [2.75, 3.05) is 5.73 Å². The largest absolute Gasteiger partial charge is 0.482 e. The summed E-state index contributed by atoms with van der Waals surface area (Å²) in [5.74, 6) is 0.0374. The highest BCUT2D eigenvalue weighted by atomic mass is 79.9. The molecule has 20 heavy (non-hydrogen) atoms. The molecule has 7 heteroatoms. The number of hydrogen-bond donors (Lipinski definition) is 1. The third-order valence-corrected chi connectivity index (χ3v) is 3.80. The molecule has 0 aliphatic heterocycles. The highest BCUT2D eigenvalue weighted by Crippen LogP contribution is 2.35. The van der Waals surface area contributed by atoms with Crippen molar-refractivity contribution in [3.8, 4) is 5.75 Å². The zero-order chi connectivity index (χ0) is 14.9. The van der Waals surface area contributed by atoms with E-state index < -0.39 is 11.9 Å². The summed E-state index contributed by atoms with van der Waals surface area (Å²) in [4.78, 5) is 4.01. The molecule has 0 aliphatic carbocycles. The molecule has 0 fully saturated rings. The summed E-state index contributed by atoms with van der Waals surface area (Å²) < 4.78 is 19.8. The zero-order valence-corrected chi connectivity index (χ0v) is 13.4. The molecule has 0 spiro atoms. The van der Waals surface area contributed by atoms with Crippen LogP contribution >= 0.6 is 39.1 Å². The van der Waals surface area contributed by atoms with Crippen molar-refractivity contribution in [2.45, 2.75) is 13.0 Å². The van der Waals surface area contributed by atoms with E-state index in [2.05, 4.69) is 20.9 Å². The Labute approximate surface area is 134 Å². The van der Waals surface area contributed by atoms with Gasteiger partial charge in [0.05, 0.1) is 5.02 Å². The molecule has 1 atom stereocenters. The molecule has 0 saturated carbocycles. The summed E-state index contributed by atoms with van der Waals surface area (Å²) in [6.45, 7) is 1.70. The number of benzene rings is 1. The van der Waals surface area contributed by atoms with E-state index in [1.165, 1.54) is 12.1 Å². The first-order valence-corrected chi connectivity index (χ1v) is 7.17.